The predicted octanol–water partition coefficient (Wildman–Crippen LogP) is 7.32. The van der Waals surface area contributed by atoms with Gasteiger partial charge in [0.25, 0.3) is 5.91 Å². The first kappa shape index (κ1) is 29.5. The molecule has 43 heavy (non-hydrogen) atoms. The molecule has 2 aliphatic rings. The minimum absolute atomic E-state index is 0.0656. The Kier molecular flexibility index (Phi) is 8.10. The Morgan fingerprint density at radius 1 is 1.09 bits per heavy atom. The zero-order chi connectivity index (χ0) is 30.3. The van der Waals surface area contributed by atoms with E-state index in [1.54, 1.807) is 6.92 Å². The van der Waals surface area contributed by atoms with E-state index in [1.165, 1.54) is 0 Å². The van der Waals surface area contributed by atoms with Crippen LogP contribution in [0, 0.1) is 19.8 Å². The lowest BCUT2D eigenvalue weighted by atomic mass is 9.66. The zero-order valence-corrected chi connectivity index (χ0v) is 25.7. The summed E-state index contributed by atoms with van der Waals surface area (Å²) in [5, 5.41) is 13.0. The molecule has 1 aromatic heterocycles. The summed E-state index contributed by atoms with van der Waals surface area (Å²) in [4.78, 5) is 29.2. The van der Waals surface area contributed by atoms with Gasteiger partial charge in [-0.25, -0.2) is 4.79 Å². The molecule has 6 nitrogen and oxygen atoms in total. The highest BCUT2D eigenvalue weighted by Gasteiger charge is 2.50. The molecule has 2 fully saturated rings. The minimum atomic E-state index is -0.807. The quantitative estimate of drug-likeness (QED) is 0.235. The van der Waals surface area contributed by atoms with Crippen LogP contribution < -0.4 is 10.4 Å². The fourth-order valence-electron chi connectivity index (χ4n) is 7.21. The average Bonchev–Trinajstić information content (AvgIpc) is 2.98. The molecule has 4 atom stereocenters. The second-order valence-corrected chi connectivity index (χ2v) is 12.7. The molecule has 224 valence electrons. The van der Waals surface area contributed by atoms with Gasteiger partial charge in [0, 0.05) is 29.5 Å². The lowest BCUT2D eigenvalue weighted by Gasteiger charge is -2.53. The van der Waals surface area contributed by atoms with Crippen molar-refractivity contribution in [3.8, 4) is 5.75 Å². The molecule has 2 heterocycles. The van der Waals surface area contributed by atoms with E-state index in [0.717, 1.165) is 47.9 Å². The van der Waals surface area contributed by atoms with Gasteiger partial charge in [0.2, 0.25) is 0 Å². The second kappa shape index (κ2) is 11.8. The van der Waals surface area contributed by atoms with Crippen LogP contribution in [0.5, 0.6) is 5.75 Å². The van der Waals surface area contributed by atoms with Gasteiger partial charge in [-0.15, -0.1) is 0 Å². The standard InChI is InChI=1S/C36H38ClNO5/c1-22-19-30(32-23(2)28(35(40)43-31(32)20-22)21-25-9-5-4-6-10-25)42-24(3)34(39)38-18-17-36(41)16-8-7-11-29(36)33(38)26-12-14-27(37)15-13-26/h4-6,9-10,12-15,19-20,24,29,33,41H,7-8,11,16-18,21H2,1-3H3/t24-,29+,33-,36-/m0/s1. The van der Waals surface area contributed by atoms with E-state index < -0.39 is 11.7 Å². The van der Waals surface area contributed by atoms with Crippen LogP contribution in [0.1, 0.15) is 72.9 Å². The Morgan fingerprint density at radius 3 is 2.58 bits per heavy atom. The van der Waals surface area contributed by atoms with Crippen LogP contribution in [0.25, 0.3) is 11.0 Å². The Balaban J connectivity index is 1.34. The van der Waals surface area contributed by atoms with Gasteiger partial charge in [-0.1, -0.05) is 66.9 Å². The predicted molar refractivity (Wildman–Crippen MR) is 169 cm³/mol. The van der Waals surface area contributed by atoms with E-state index in [4.69, 9.17) is 20.8 Å². The first-order chi connectivity index (χ1) is 20.6. The molecule has 0 radical (unpaired) electrons. The number of likely N-dealkylation sites (tertiary alicyclic amines) is 1. The monoisotopic (exact) mass is 599 g/mol. The van der Waals surface area contributed by atoms with Gasteiger partial charge in [-0.3, -0.25) is 4.79 Å². The molecule has 4 aromatic rings. The molecule has 0 spiro atoms. The maximum Gasteiger partial charge on any atom is 0.340 e. The normalized spacial score (nSPS) is 22.7. The van der Waals surface area contributed by atoms with Crippen LogP contribution in [0.3, 0.4) is 0 Å². The van der Waals surface area contributed by atoms with Crippen molar-refractivity contribution in [2.75, 3.05) is 6.54 Å². The zero-order valence-electron chi connectivity index (χ0n) is 24.9. The number of amides is 1. The molecule has 1 saturated heterocycles. The molecule has 3 aromatic carbocycles. The minimum Gasteiger partial charge on any atom is -0.480 e. The van der Waals surface area contributed by atoms with E-state index in [1.807, 2.05) is 85.5 Å². The number of nitrogens with zero attached hydrogens (tertiary/aromatic N) is 1. The van der Waals surface area contributed by atoms with Crippen LogP contribution in [0.15, 0.2) is 75.9 Å². The topological polar surface area (TPSA) is 80.0 Å². The van der Waals surface area contributed by atoms with Crippen molar-refractivity contribution in [1.29, 1.82) is 0 Å². The van der Waals surface area contributed by atoms with Gasteiger partial charge < -0.3 is 19.2 Å². The van der Waals surface area contributed by atoms with Crippen molar-refractivity contribution >= 4 is 28.5 Å². The third-order valence-electron chi connectivity index (χ3n) is 9.42. The van der Waals surface area contributed by atoms with Crippen molar-refractivity contribution in [3.05, 3.63) is 110 Å². The summed E-state index contributed by atoms with van der Waals surface area (Å²) in [6, 6.07) is 20.9. The molecule has 1 N–H and O–H groups in total. The van der Waals surface area contributed by atoms with Gasteiger partial charge in [0.05, 0.1) is 17.0 Å². The van der Waals surface area contributed by atoms with Crippen LogP contribution in [0.2, 0.25) is 5.02 Å². The second-order valence-electron chi connectivity index (χ2n) is 12.3. The number of hydrogen-bond donors (Lipinski definition) is 1. The van der Waals surface area contributed by atoms with E-state index in [0.29, 0.717) is 46.7 Å². The van der Waals surface area contributed by atoms with Crippen molar-refractivity contribution in [2.45, 2.75) is 77.0 Å². The van der Waals surface area contributed by atoms with Gasteiger partial charge in [0.15, 0.2) is 6.10 Å². The fourth-order valence-corrected chi connectivity index (χ4v) is 7.34. The number of aryl methyl sites for hydroxylation is 2. The Hall–Kier alpha value is -3.61. The smallest absolute Gasteiger partial charge is 0.340 e. The van der Waals surface area contributed by atoms with Crippen molar-refractivity contribution in [2.24, 2.45) is 5.92 Å². The number of carbonyl (C=O) groups excluding carboxylic acids is 1. The van der Waals surface area contributed by atoms with Crippen LogP contribution in [-0.4, -0.2) is 34.2 Å². The summed E-state index contributed by atoms with van der Waals surface area (Å²) < 4.78 is 12.3. The molecule has 1 amide bonds. The highest BCUT2D eigenvalue weighted by atomic mass is 35.5. The van der Waals surface area contributed by atoms with Crippen molar-refractivity contribution < 1.29 is 19.1 Å². The molecule has 1 saturated carbocycles. The maximum absolute atomic E-state index is 14.2. The Labute approximate surface area is 257 Å². The largest absolute Gasteiger partial charge is 0.480 e. The Morgan fingerprint density at radius 2 is 1.84 bits per heavy atom. The van der Waals surface area contributed by atoms with Crippen molar-refractivity contribution in [3.63, 3.8) is 0 Å². The number of carbonyl (C=O) groups is 1. The van der Waals surface area contributed by atoms with Crippen LogP contribution in [-0.2, 0) is 11.2 Å². The third kappa shape index (κ3) is 5.71. The molecule has 7 heteroatoms. The number of aliphatic hydroxyl groups is 1. The van der Waals surface area contributed by atoms with E-state index in [2.05, 4.69) is 0 Å². The van der Waals surface area contributed by atoms with Gasteiger partial charge in [-0.05, 0) is 86.6 Å². The lowest BCUT2D eigenvalue weighted by molar-refractivity contribution is -0.161. The summed E-state index contributed by atoms with van der Waals surface area (Å²) >= 11 is 6.22. The first-order valence-corrected chi connectivity index (χ1v) is 15.6. The highest BCUT2D eigenvalue weighted by molar-refractivity contribution is 6.30. The third-order valence-corrected chi connectivity index (χ3v) is 9.68. The lowest BCUT2D eigenvalue weighted by Crippen LogP contribution is -2.58. The van der Waals surface area contributed by atoms with Gasteiger partial charge in [-0.2, -0.15) is 0 Å². The molecule has 1 aliphatic carbocycles. The fraction of sp³-hybridized carbons (Fsp3) is 0.389. The van der Waals surface area contributed by atoms with Crippen LogP contribution >= 0.6 is 11.6 Å². The molecule has 1 aliphatic heterocycles. The number of benzene rings is 3. The maximum atomic E-state index is 14.2. The molecular formula is C36H38ClNO5. The summed E-state index contributed by atoms with van der Waals surface area (Å²) in [6.07, 6.45) is 3.80. The van der Waals surface area contributed by atoms with Crippen molar-refractivity contribution in [1.82, 2.24) is 4.90 Å². The first-order valence-electron chi connectivity index (χ1n) is 15.2. The van der Waals surface area contributed by atoms with Gasteiger partial charge >= 0.3 is 5.63 Å². The number of halogens is 1. The Bertz CT molecular complexity index is 1700. The number of ether oxygens (including phenoxy) is 1. The summed E-state index contributed by atoms with van der Waals surface area (Å²) in [5.74, 6) is 0.312. The summed E-state index contributed by atoms with van der Waals surface area (Å²) in [6.45, 7) is 6.04. The van der Waals surface area contributed by atoms with Crippen LogP contribution in [0.4, 0.5) is 0 Å². The molecule has 0 bridgehead atoms. The number of fused-ring (bicyclic) bond motifs is 2. The van der Waals surface area contributed by atoms with Gasteiger partial charge in [0.1, 0.15) is 11.3 Å². The SMILES string of the molecule is Cc1cc(O[C@@H](C)C(=O)N2CC[C@@]3(O)CCCC[C@@H]3[C@@H]2c2ccc(Cl)cc2)c2c(C)c(Cc3ccccc3)c(=O)oc2c1. The van der Waals surface area contributed by atoms with E-state index in [9.17, 15) is 14.7 Å². The average molecular weight is 600 g/mol. The number of hydrogen-bond acceptors (Lipinski definition) is 5. The summed E-state index contributed by atoms with van der Waals surface area (Å²) in [5.41, 5.74) is 3.49. The molecule has 0 unspecified atom stereocenters. The molecule has 6 rings (SSSR count). The number of rotatable bonds is 6. The van der Waals surface area contributed by atoms with E-state index >= 15 is 0 Å². The number of piperidine rings is 1. The highest BCUT2D eigenvalue weighted by Crippen LogP contribution is 2.49. The summed E-state index contributed by atoms with van der Waals surface area (Å²) in [7, 11) is 0. The molecular weight excluding hydrogens is 562 g/mol. The van der Waals surface area contributed by atoms with E-state index in [-0.39, 0.29) is 23.5 Å².